The first-order valence-electron chi connectivity index (χ1n) is 7.63. The van der Waals surface area contributed by atoms with E-state index < -0.39 is 17.6 Å². The minimum Gasteiger partial charge on any atom is -0.354 e. The van der Waals surface area contributed by atoms with Crippen LogP contribution in [0, 0.1) is 11.6 Å². The van der Waals surface area contributed by atoms with Gasteiger partial charge in [0, 0.05) is 13.1 Å². The van der Waals surface area contributed by atoms with Crippen molar-refractivity contribution in [3.8, 4) is 0 Å². The lowest BCUT2D eigenvalue weighted by Gasteiger charge is -2.14. The van der Waals surface area contributed by atoms with Gasteiger partial charge in [-0.2, -0.15) is 0 Å². The van der Waals surface area contributed by atoms with Crippen LogP contribution in [0.25, 0.3) is 0 Å². The van der Waals surface area contributed by atoms with Crippen molar-refractivity contribution in [3.05, 3.63) is 70.8 Å². The van der Waals surface area contributed by atoms with E-state index in [2.05, 4.69) is 5.32 Å². The normalized spacial score (nSPS) is 13.1. The van der Waals surface area contributed by atoms with Gasteiger partial charge >= 0.3 is 0 Å². The van der Waals surface area contributed by atoms with E-state index >= 15 is 0 Å². The second kappa shape index (κ2) is 6.80. The van der Waals surface area contributed by atoms with Crippen LogP contribution in [0.5, 0.6) is 0 Å². The van der Waals surface area contributed by atoms with E-state index in [1.807, 2.05) is 0 Å². The lowest BCUT2D eigenvalue weighted by molar-refractivity contribution is -0.120. The third-order valence-electron chi connectivity index (χ3n) is 3.88. The summed E-state index contributed by atoms with van der Waals surface area (Å²) >= 11 is 0. The van der Waals surface area contributed by atoms with Crippen molar-refractivity contribution in [1.29, 1.82) is 0 Å². The van der Waals surface area contributed by atoms with Gasteiger partial charge in [0.1, 0.15) is 11.6 Å². The number of carbonyl (C=O) groups is 3. The molecule has 3 amide bonds. The molecule has 0 unspecified atom stereocenters. The molecule has 0 saturated carbocycles. The predicted molar refractivity (Wildman–Crippen MR) is 84.9 cm³/mol. The van der Waals surface area contributed by atoms with E-state index in [-0.39, 0.29) is 42.4 Å². The standard InChI is InChI=1S/C18H14F2N2O3/c19-12-6-4-11(5-7-12)10-15(23)21-8-9-22-17(24)13-2-1-3-14(20)16(13)18(22)25/h1-7H,8-10H2,(H,21,23). The molecule has 2 aromatic rings. The van der Waals surface area contributed by atoms with Crippen molar-refractivity contribution in [2.45, 2.75) is 6.42 Å². The Balaban J connectivity index is 1.55. The summed E-state index contributed by atoms with van der Waals surface area (Å²) in [6.07, 6.45) is 0.0526. The molecule has 25 heavy (non-hydrogen) atoms. The van der Waals surface area contributed by atoms with E-state index in [1.54, 1.807) is 0 Å². The quantitative estimate of drug-likeness (QED) is 0.843. The molecule has 0 aromatic heterocycles. The largest absolute Gasteiger partial charge is 0.354 e. The second-order valence-corrected chi connectivity index (χ2v) is 5.58. The number of hydrogen-bond donors (Lipinski definition) is 1. The fraction of sp³-hybridized carbons (Fsp3) is 0.167. The molecule has 0 saturated heterocycles. The fourth-order valence-electron chi connectivity index (χ4n) is 2.65. The molecule has 1 aliphatic heterocycles. The molecule has 0 spiro atoms. The number of rotatable bonds is 5. The molecule has 0 bridgehead atoms. The Bertz CT molecular complexity index is 850. The molecular formula is C18H14F2N2O3. The number of amides is 3. The summed E-state index contributed by atoms with van der Waals surface area (Å²) in [5.74, 6) is -2.73. The van der Waals surface area contributed by atoms with Gasteiger partial charge in [-0.3, -0.25) is 19.3 Å². The summed E-state index contributed by atoms with van der Waals surface area (Å²) in [6.45, 7) is -0.00589. The van der Waals surface area contributed by atoms with E-state index in [1.165, 1.54) is 36.4 Å². The molecule has 1 aliphatic rings. The van der Waals surface area contributed by atoms with Crippen LogP contribution in [-0.4, -0.2) is 35.7 Å². The summed E-state index contributed by atoms with van der Waals surface area (Å²) in [5.41, 5.74) is 0.439. The highest BCUT2D eigenvalue weighted by molar-refractivity contribution is 6.21. The van der Waals surface area contributed by atoms with Gasteiger partial charge in [-0.15, -0.1) is 0 Å². The molecule has 0 radical (unpaired) electrons. The SMILES string of the molecule is O=C(Cc1ccc(F)cc1)NCCN1C(=O)c2cccc(F)c2C1=O. The molecule has 0 aliphatic carbocycles. The number of carbonyl (C=O) groups excluding carboxylic acids is 3. The van der Waals surface area contributed by atoms with E-state index in [4.69, 9.17) is 0 Å². The molecule has 5 nitrogen and oxygen atoms in total. The van der Waals surface area contributed by atoms with Gasteiger partial charge in [-0.1, -0.05) is 18.2 Å². The van der Waals surface area contributed by atoms with Gasteiger partial charge in [0.15, 0.2) is 0 Å². The average molecular weight is 344 g/mol. The van der Waals surface area contributed by atoms with E-state index in [0.29, 0.717) is 5.56 Å². The van der Waals surface area contributed by atoms with Crippen molar-refractivity contribution in [2.24, 2.45) is 0 Å². The van der Waals surface area contributed by atoms with Crippen LogP contribution in [0.2, 0.25) is 0 Å². The summed E-state index contributed by atoms with van der Waals surface area (Å²) in [5, 5.41) is 2.58. The Morgan fingerprint density at radius 2 is 1.72 bits per heavy atom. The van der Waals surface area contributed by atoms with Gasteiger partial charge in [-0.25, -0.2) is 8.78 Å². The predicted octanol–water partition coefficient (Wildman–Crippen LogP) is 1.92. The number of nitrogens with one attached hydrogen (secondary N) is 1. The van der Waals surface area contributed by atoms with Crippen LogP contribution in [0.15, 0.2) is 42.5 Å². The summed E-state index contributed by atoms with van der Waals surface area (Å²) in [7, 11) is 0. The number of benzene rings is 2. The van der Waals surface area contributed by atoms with Crippen molar-refractivity contribution in [3.63, 3.8) is 0 Å². The molecule has 1 heterocycles. The molecule has 1 N–H and O–H groups in total. The maximum Gasteiger partial charge on any atom is 0.264 e. The summed E-state index contributed by atoms with van der Waals surface area (Å²) in [4.78, 5) is 37.1. The topological polar surface area (TPSA) is 66.5 Å². The molecule has 0 fully saturated rings. The van der Waals surface area contributed by atoms with Crippen LogP contribution in [0.3, 0.4) is 0 Å². The van der Waals surface area contributed by atoms with Crippen LogP contribution < -0.4 is 5.32 Å². The maximum absolute atomic E-state index is 13.7. The van der Waals surface area contributed by atoms with E-state index in [9.17, 15) is 23.2 Å². The second-order valence-electron chi connectivity index (χ2n) is 5.58. The number of fused-ring (bicyclic) bond motifs is 1. The van der Waals surface area contributed by atoms with Crippen molar-refractivity contribution in [2.75, 3.05) is 13.1 Å². The first-order chi connectivity index (χ1) is 12.0. The zero-order chi connectivity index (χ0) is 18.0. The number of hydrogen-bond acceptors (Lipinski definition) is 3. The smallest absolute Gasteiger partial charge is 0.264 e. The molecule has 0 atom stereocenters. The monoisotopic (exact) mass is 344 g/mol. The molecule has 3 rings (SSSR count). The number of nitrogens with zero attached hydrogens (tertiary/aromatic N) is 1. The third-order valence-corrected chi connectivity index (χ3v) is 3.88. The Labute approximate surface area is 142 Å². The highest BCUT2D eigenvalue weighted by Crippen LogP contribution is 2.24. The molecular weight excluding hydrogens is 330 g/mol. The van der Waals surface area contributed by atoms with Crippen LogP contribution in [0.1, 0.15) is 26.3 Å². The average Bonchev–Trinajstić information content (AvgIpc) is 2.83. The fourth-order valence-corrected chi connectivity index (χ4v) is 2.65. The Hall–Kier alpha value is -3.09. The van der Waals surface area contributed by atoms with Gasteiger partial charge in [-0.05, 0) is 29.8 Å². The van der Waals surface area contributed by atoms with Gasteiger partial charge in [0.05, 0.1) is 17.5 Å². The minimum absolute atomic E-state index is 0.0302. The van der Waals surface area contributed by atoms with Crippen molar-refractivity contribution >= 4 is 17.7 Å². The summed E-state index contributed by atoms with van der Waals surface area (Å²) < 4.78 is 26.5. The highest BCUT2D eigenvalue weighted by Gasteiger charge is 2.37. The zero-order valence-corrected chi connectivity index (χ0v) is 13.1. The Morgan fingerprint density at radius 1 is 1.00 bits per heavy atom. The third kappa shape index (κ3) is 3.40. The number of halogens is 2. The Kier molecular flexibility index (Phi) is 4.56. The molecule has 128 valence electrons. The highest BCUT2D eigenvalue weighted by atomic mass is 19.1. The van der Waals surface area contributed by atoms with Crippen molar-refractivity contribution in [1.82, 2.24) is 10.2 Å². The van der Waals surface area contributed by atoms with Gasteiger partial charge < -0.3 is 5.32 Å². The van der Waals surface area contributed by atoms with Gasteiger partial charge in [0.2, 0.25) is 5.91 Å². The van der Waals surface area contributed by atoms with Gasteiger partial charge in [0.25, 0.3) is 11.8 Å². The maximum atomic E-state index is 13.7. The molecule has 7 heteroatoms. The lowest BCUT2D eigenvalue weighted by Crippen LogP contribution is -2.38. The van der Waals surface area contributed by atoms with Crippen LogP contribution in [0.4, 0.5) is 8.78 Å². The number of imide groups is 1. The minimum atomic E-state index is -0.737. The van der Waals surface area contributed by atoms with E-state index in [0.717, 1.165) is 11.0 Å². The first-order valence-corrected chi connectivity index (χ1v) is 7.63. The van der Waals surface area contributed by atoms with Crippen LogP contribution in [-0.2, 0) is 11.2 Å². The van der Waals surface area contributed by atoms with Crippen molar-refractivity contribution < 1.29 is 23.2 Å². The first kappa shape index (κ1) is 16.8. The van der Waals surface area contributed by atoms with Crippen LogP contribution >= 0.6 is 0 Å². The Morgan fingerprint density at radius 3 is 2.40 bits per heavy atom. The molecule has 2 aromatic carbocycles. The lowest BCUT2D eigenvalue weighted by atomic mass is 10.1. The summed E-state index contributed by atoms with van der Waals surface area (Å²) in [6, 6.07) is 9.41. The zero-order valence-electron chi connectivity index (χ0n) is 13.1.